The van der Waals surface area contributed by atoms with Gasteiger partial charge in [-0.05, 0) is 17.7 Å². The lowest BCUT2D eigenvalue weighted by Crippen LogP contribution is -2.29. The van der Waals surface area contributed by atoms with Gasteiger partial charge in [0.05, 0.1) is 11.8 Å². The van der Waals surface area contributed by atoms with Crippen LogP contribution in [0.2, 0.25) is 0 Å². The van der Waals surface area contributed by atoms with Crippen molar-refractivity contribution in [1.29, 1.82) is 0 Å². The maximum atomic E-state index is 12.4. The number of hydrogen-bond donors (Lipinski definition) is 3. The molecule has 0 fully saturated rings. The zero-order valence-corrected chi connectivity index (χ0v) is 12.7. The average Bonchev–Trinajstić information content (AvgIpc) is 3.06. The molecule has 0 radical (unpaired) electrons. The number of nitrogens with one attached hydrogen (secondary N) is 2. The normalized spacial score (nSPS) is 10.5. The number of hydrogen-bond acceptors (Lipinski definition) is 4. The molecule has 0 bridgehead atoms. The first-order valence-electron chi connectivity index (χ1n) is 7.28. The molecule has 0 atom stereocenters. The molecule has 1 amide bonds. The van der Waals surface area contributed by atoms with Gasteiger partial charge in [0.2, 0.25) is 0 Å². The largest absolute Gasteiger partial charge is 0.488 e. The van der Waals surface area contributed by atoms with E-state index in [1.54, 1.807) is 12.1 Å². The Morgan fingerprint density at radius 1 is 1.17 bits per heavy atom. The fourth-order valence-electron chi connectivity index (χ4n) is 2.31. The number of imidazole rings is 1. The molecule has 1 heterocycles. The third-order valence-corrected chi connectivity index (χ3v) is 3.42. The second-order valence-corrected chi connectivity index (χ2v) is 5.09. The highest BCUT2D eigenvalue weighted by Crippen LogP contribution is 2.26. The minimum absolute atomic E-state index is 0.214. The average molecular weight is 325 g/mol. The van der Waals surface area contributed by atoms with E-state index < -0.39 is 18.4 Å². The van der Waals surface area contributed by atoms with Crippen LogP contribution in [0.5, 0.6) is 5.75 Å². The lowest BCUT2D eigenvalue weighted by atomic mass is 10.1. The van der Waals surface area contributed by atoms with E-state index in [1.165, 1.54) is 6.33 Å². The molecule has 7 heteroatoms. The number of ether oxygens (including phenoxy) is 1. The SMILES string of the molecule is O=C(O)CNC(=O)c1c(OCc2ccccc2)ccc2[nH]cnc12. The van der Waals surface area contributed by atoms with Crippen molar-refractivity contribution in [2.75, 3.05) is 6.54 Å². The fraction of sp³-hybridized carbons (Fsp3) is 0.118. The van der Waals surface area contributed by atoms with Gasteiger partial charge in [0.15, 0.2) is 0 Å². The van der Waals surface area contributed by atoms with Gasteiger partial charge >= 0.3 is 5.97 Å². The highest BCUT2D eigenvalue weighted by Gasteiger charge is 2.19. The molecule has 1 aromatic heterocycles. The van der Waals surface area contributed by atoms with Crippen LogP contribution < -0.4 is 10.1 Å². The van der Waals surface area contributed by atoms with E-state index in [1.807, 2.05) is 30.3 Å². The van der Waals surface area contributed by atoms with Crippen molar-refractivity contribution in [2.45, 2.75) is 6.61 Å². The van der Waals surface area contributed by atoms with Gasteiger partial charge in [0.1, 0.15) is 30.0 Å². The van der Waals surface area contributed by atoms with Crippen LogP contribution in [0, 0.1) is 0 Å². The van der Waals surface area contributed by atoms with Gasteiger partial charge in [-0.15, -0.1) is 0 Å². The number of carboxylic acids is 1. The molecule has 0 spiro atoms. The lowest BCUT2D eigenvalue weighted by Gasteiger charge is -2.12. The molecule has 3 rings (SSSR count). The van der Waals surface area contributed by atoms with Crippen molar-refractivity contribution in [3.05, 3.63) is 59.9 Å². The quantitative estimate of drug-likeness (QED) is 0.642. The number of H-pyrrole nitrogens is 1. The fourth-order valence-corrected chi connectivity index (χ4v) is 2.31. The number of benzene rings is 2. The number of amides is 1. The number of fused-ring (bicyclic) bond motifs is 1. The first kappa shape index (κ1) is 15.5. The summed E-state index contributed by atoms with van der Waals surface area (Å²) in [5, 5.41) is 11.1. The number of aromatic nitrogens is 2. The number of rotatable bonds is 6. The van der Waals surface area contributed by atoms with Crippen LogP contribution in [0.1, 0.15) is 15.9 Å². The summed E-state index contributed by atoms with van der Waals surface area (Å²) >= 11 is 0. The number of aromatic amines is 1. The van der Waals surface area contributed by atoms with E-state index in [4.69, 9.17) is 9.84 Å². The van der Waals surface area contributed by atoms with E-state index >= 15 is 0 Å². The van der Waals surface area contributed by atoms with Crippen LogP contribution >= 0.6 is 0 Å². The lowest BCUT2D eigenvalue weighted by molar-refractivity contribution is -0.135. The molecule has 7 nitrogen and oxygen atoms in total. The Morgan fingerprint density at radius 2 is 1.96 bits per heavy atom. The van der Waals surface area contributed by atoms with Crippen molar-refractivity contribution in [1.82, 2.24) is 15.3 Å². The molecule has 3 N–H and O–H groups in total. The smallest absolute Gasteiger partial charge is 0.322 e. The van der Waals surface area contributed by atoms with Crippen LogP contribution in [0.15, 0.2) is 48.8 Å². The number of carbonyl (C=O) groups excluding carboxylic acids is 1. The van der Waals surface area contributed by atoms with E-state index in [0.717, 1.165) is 5.56 Å². The van der Waals surface area contributed by atoms with Crippen molar-refractivity contribution >= 4 is 22.9 Å². The van der Waals surface area contributed by atoms with Gasteiger partial charge in [0, 0.05) is 0 Å². The zero-order valence-electron chi connectivity index (χ0n) is 12.7. The number of aliphatic carboxylic acids is 1. The maximum absolute atomic E-state index is 12.4. The molecule has 122 valence electrons. The van der Waals surface area contributed by atoms with E-state index in [-0.39, 0.29) is 12.2 Å². The van der Waals surface area contributed by atoms with Crippen LogP contribution in [0.3, 0.4) is 0 Å². The van der Waals surface area contributed by atoms with E-state index in [0.29, 0.717) is 16.8 Å². The number of nitrogens with zero attached hydrogens (tertiary/aromatic N) is 1. The molecule has 24 heavy (non-hydrogen) atoms. The van der Waals surface area contributed by atoms with Gasteiger partial charge in [-0.1, -0.05) is 30.3 Å². The molecule has 0 aliphatic heterocycles. The summed E-state index contributed by atoms with van der Waals surface area (Å²) in [6.07, 6.45) is 1.47. The summed E-state index contributed by atoms with van der Waals surface area (Å²) in [4.78, 5) is 30.1. The van der Waals surface area contributed by atoms with Gasteiger partial charge in [-0.2, -0.15) is 0 Å². The topological polar surface area (TPSA) is 104 Å². The van der Waals surface area contributed by atoms with Crippen LogP contribution in [0.25, 0.3) is 11.0 Å². The van der Waals surface area contributed by atoms with E-state index in [2.05, 4.69) is 15.3 Å². The Morgan fingerprint density at radius 3 is 2.71 bits per heavy atom. The molecule has 0 unspecified atom stereocenters. The second kappa shape index (κ2) is 6.82. The van der Waals surface area contributed by atoms with Gasteiger partial charge < -0.3 is 20.1 Å². The third-order valence-electron chi connectivity index (χ3n) is 3.42. The monoisotopic (exact) mass is 325 g/mol. The zero-order chi connectivity index (χ0) is 16.9. The van der Waals surface area contributed by atoms with Gasteiger partial charge in [0.25, 0.3) is 5.91 Å². The molecule has 3 aromatic rings. The van der Waals surface area contributed by atoms with Crippen molar-refractivity contribution < 1.29 is 19.4 Å². The Balaban J connectivity index is 1.90. The molecular formula is C17H15N3O4. The number of carboxylic acid groups (broad SMARTS) is 1. The van der Waals surface area contributed by atoms with Crippen molar-refractivity contribution in [3.8, 4) is 5.75 Å². The summed E-state index contributed by atoms with van der Waals surface area (Å²) in [5.41, 5.74) is 2.27. The summed E-state index contributed by atoms with van der Waals surface area (Å²) < 4.78 is 5.77. The van der Waals surface area contributed by atoms with Gasteiger partial charge in [-0.25, -0.2) is 4.98 Å². The van der Waals surface area contributed by atoms with Gasteiger partial charge in [-0.3, -0.25) is 9.59 Å². The van der Waals surface area contributed by atoms with Crippen LogP contribution in [0.4, 0.5) is 0 Å². The van der Waals surface area contributed by atoms with Crippen LogP contribution in [-0.4, -0.2) is 33.5 Å². The summed E-state index contributed by atoms with van der Waals surface area (Å²) in [7, 11) is 0. The summed E-state index contributed by atoms with van der Waals surface area (Å²) in [6, 6.07) is 13.0. The molecule has 0 aliphatic carbocycles. The highest BCUT2D eigenvalue weighted by atomic mass is 16.5. The third kappa shape index (κ3) is 3.35. The Kier molecular flexibility index (Phi) is 4.42. The molecule has 2 aromatic carbocycles. The summed E-state index contributed by atoms with van der Waals surface area (Å²) in [5.74, 6) is -1.32. The minimum atomic E-state index is -1.12. The molecule has 0 saturated carbocycles. The predicted molar refractivity (Wildman–Crippen MR) is 86.8 cm³/mol. The van der Waals surface area contributed by atoms with Crippen molar-refractivity contribution in [3.63, 3.8) is 0 Å². The molecule has 0 aliphatic rings. The number of carbonyl (C=O) groups is 2. The second-order valence-electron chi connectivity index (χ2n) is 5.09. The molecule has 0 saturated heterocycles. The Labute approximate surface area is 137 Å². The summed E-state index contributed by atoms with van der Waals surface area (Å²) in [6.45, 7) is -0.187. The first-order chi connectivity index (χ1) is 11.6. The molecular weight excluding hydrogens is 310 g/mol. The Hall–Kier alpha value is -3.35. The predicted octanol–water partition coefficient (Wildman–Crippen LogP) is 1.96. The van der Waals surface area contributed by atoms with E-state index in [9.17, 15) is 9.59 Å². The maximum Gasteiger partial charge on any atom is 0.322 e. The van der Waals surface area contributed by atoms with Crippen LogP contribution in [-0.2, 0) is 11.4 Å². The standard InChI is InChI=1S/C17H15N3O4/c21-14(22)8-18-17(23)15-13(7-6-12-16(15)20-10-19-12)24-9-11-4-2-1-3-5-11/h1-7,10H,8-9H2,(H,18,23)(H,19,20)(H,21,22). The first-order valence-corrected chi connectivity index (χ1v) is 7.28. The Bertz CT molecular complexity index is 874. The van der Waals surface area contributed by atoms with Crippen molar-refractivity contribution in [2.24, 2.45) is 0 Å². The minimum Gasteiger partial charge on any atom is -0.488 e. The highest BCUT2D eigenvalue weighted by molar-refractivity contribution is 6.08.